The van der Waals surface area contributed by atoms with Crippen LogP contribution in [-0.4, -0.2) is 38.0 Å². The van der Waals surface area contributed by atoms with Gasteiger partial charge in [0.2, 0.25) is 0 Å². The fraction of sp³-hybridized carbons (Fsp3) is 1.00. The molecule has 0 spiro atoms. The average molecular weight is 291 g/mol. The second-order valence-electron chi connectivity index (χ2n) is 3.91. The van der Waals surface area contributed by atoms with Gasteiger partial charge in [0.1, 0.15) is 0 Å². The summed E-state index contributed by atoms with van der Waals surface area (Å²) < 4.78 is 65.5. The molecule has 0 amide bonds. The molecule has 0 saturated carbocycles. The third-order valence-corrected chi connectivity index (χ3v) is 2.66. The number of quaternary nitrogens is 1. The molecule has 0 bridgehead atoms. The molecule has 0 aliphatic heterocycles. The minimum atomic E-state index is -10.7. The van der Waals surface area contributed by atoms with Crippen LogP contribution in [-0.2, 0) is 4.74 Å². The van der Waals surface area contributed by atoms with Gasteiger partial charge in [-0.15, -0.1) is 0 Å². The summed E-state index contributed by atoms with van der Waals surface area (Å²) in [6.45, 7) is 8.77. The first-order valence-electron chi connectivity index (χ1n) is 4.99. The van der Waals surface area contributed by atoms with Crippen LogP contribution in [0.3, 0.4) is 0 Å². The van der Waals surface area contributed by atoms with Crippen LogP contribution in [0.1, 0.15) is 20.8 Å². The fourth-order valence-corrected chi connectivity index (χ4v) is 0.992. The SMILES string of the molecule is CC[N+](C)(CC)C(C)OC.F[P-](F)(F)(F)(F)F. The van der Waals surface area contributed by atoms with Gasteiger partial charge < -0.3 is 9.22 Å². The summed E-state index contributed by atoms with van der Waals surface area (Å²) in [7, 11) is -6.67. The molecule has 1 unspecified atom stereocenters. The Bertz CT molecular complexity index is 222. The standard InChI is InChI=1S/C8H20NO.F6P/c1-6-9(4,7-2)8(3)10-5;1-7(2,3,4,5)6/h8H,6-7H2,1-5H3;/q+1;-1. The summed E-state index contributed by atoms with van der Waals surface area (Å²) in [6.07, 6.45) is 0.315. The van der Waals surface area contributed by atoms with E-state index in [0.29, 0.717) is 6.23 Å². The summed E-state index contributed by atoms with van der Waals surface area (Å²) in [6, 6.07) is 0. The Kier molecular flexibility index (Phi) is 5.55. The first-order chi connectivity index (χ1) is 7.05. The molecule has 0 rings (SSSR count). The van der Waals surface area contributed by atoms with Crippen molar-refractivity contribution in [2.24, 2.45) is 0 Å². The summed E-state index contributed by atoms with van der Waals surface area (Å²) in [5.41, 5.74) is 0. The molecule has 0 heterocycles. The van der Waals surface area contributed by atoms with Gasteiger partial charge in [-0.2, -0.15) is 0 Å². The maximum atomic E-state index is 9.87. The monoisotopic (exact) mass is 291 g/mol. The normalized spacial score (nSPS) is 18.5. The first kappa shape index (κ1) is 19.3. The van der Waals surface area contributed by atoms with Crippen LogP contribution >= 0.6 is 7.81 Å². The van der Waals surface area contributed by atoms with Crippen LogP contribution in [0.25, 0.3) is 0 Å². The van der Waals surface area contributed by atoms with E-state index >= 15 is 0 Å². The van der Waals surface area contributed by atoms with Crippen molar-refractivity contribution < 1.29 is 34.4 Å². The van der Waals surface area contributed by atoms with E-state index in [1.54, 1.807) is 7.11 Å². The molecular formula is C8H20F6NOP. The van der Waals surface area contributed by atoms with E-state index in [1.165, 1.54) is 0 Å². The van der Waals surface area contributed by atoms with Crippen LogP contribution < -0.4 is 0 Å². The number of hydrogen-bond acceptors (Lipinski definition) is 1. The van der Waals surface area contributed by atoms with E-state index in [0.717, 1.165) is 17.6 Å². The topological polar surface area (TPSA) is 9.23 Å². The zero-order valence-corrected chi connectivity index (χ0v) is 11.5. The predicted molar refractivity (Wildman–Crippen MR) is 57.3 cm³/mol. The summed E-state index contributed by atoms with van der Waals surface area (Å²) in [5.74, 6) is 0. The van der Waals surface area contributed by atoms with E-state index < -0.39 is 7.81 Å². The molecule has 0 aliphatic carbocycles. The number of hydrogen-bond donors (Lipinski definition) is 0. The van der Waals surface area contributed by atoms with Crippen LogP contribution in [0, 0.1) is 0 Å². The predicted octanol–water partition coefficient (Wildman–Crippen LogP) is 4.85. The Morgan fingerprint density at radius 1 is 1.00 bits per heavy atom. The van der Waals surface area contributed by atoms with Gasteiger partial charge in [-0.05, 0) is 13.8 Å². The molecule has 0 radical (unpaired) electrons. The molecule has 2 nitrogen and oxygen atoms in total. The third kappa shape index (κ3) is 15.9. The molecule has 9 heteroatoms. The maximum absolute atomic E-state index is 10.7. The summed E-state index contributed by atoms with van der Waals surface area (Å²) in [5, 5.41) is 0. The van der Waals surface area contributed by atoms with Gasteiger partial charge in [0.05, 0.1) is 20.1 Å². The molecule has 0 saturated heterocycles. The van der Waals surface area contributed by atoms with Crippen molar-refractivity contribution in [1.29, 1.82) is 0 Å². The number of rotatable bonds is 4. The van der Waals surface area contributed by atoms with Crippen LogP contribution in [0.4, 0.5) is 25.2 Å². The molecule has 0 N–H and O–H groups in total. The molecular weight excluding hydrogens is 271 g/mol. The Morgan fingerprint density at radius 3 is 1.29 bits per heavy atom. The average Bonchev–Trinajstić information content (AvgIpc) is 2.10. The molecule has 0 aromatic rings. The van der Waals surface area contributed by atoms with Crippen LogP contribution in [0.5, 0.6) is 0 Å². The second-order valence-corrected chi connectivity index (χ2v) is 5.82. The zero-order valence-electron chi connectivity index (χ0n) is 10.6. The molecule has 0 fully saturated rings. The minimum absolute atomic E-state index is 0.315. The first-order valence-corrected chi connectivity index (χ1v) is 7.02. The Balaban J connectivity index is 0. The quantitative estimate of drug-likeness (QED) is 0.311. The van der Waals surface area contributed by atoms with Crippen molar-refractivity contribution >= 4 is 7.81 Å². The fourth-order valence-electron chi connectivity index (χ4n) is 0.992. The third-order valence-electron chi connectivity index (χ3n) is 2.66. The molecule has 17 heavy (non-hydrogen) atoms. The summed E-state index contributed by atoms with van der Waals surface area (Å²) in [4.78, 5) is 0. The van der Waals surface area contributed by atoms with E-state index in [-0.39, 0.29) is 0 Å². The van der Waals surface area contributed by atoms with Gasteiger partial charge in [-0.1, -0.05) is 0 Å². The van der Waals surface area contributed by atoms with Crippen molar-refractivity contribution in [3.05, 3.63) is 0 Å². The summed E-state index contributed by atoms with van der Waals surface area (Å²) >= 11 is 0. The van der Waals surface area contributed by atoms with Crippen molar-refractivity contribution in [3.8, 4) is 0 Å². The zero-order chi connectivity index (χ0) is 14.6. The number of methoxy groups -OCH3 is 1. The van der Waals surface area contributed by atoms with Gasteiger partial charge in [0.25, 0.3) is 0 Å². The van der Waals surface area contributed by atoms with Crippen LogP contribution in [0.2, 0.25) is 0 Å². The van der Waals surface area contributed by atoms with Gasteiger partial charge >= 0.3 is 33.0 Å². The molecule has 0 aromatic carbocycles. The van der Waals surface area contributed by atoms with Crippen LogP contribution in [0.15, 0.2) is 0 Å². The van der Waals surface area contributed by atoms with Gasteiger partial charge in [-0.3, -0.25) is 0 Å². The van der Waals surface area contributed by atoms with Gasteiger partial charge in [-0.25, -0.2) is 0 Å². The second kappa shape index (κ2) is 4.90. The molecule has 1 atom stereocenters. The Labute approximate surface area is 97.4 Å². The van der Waals surface area contributed by atoms with Gasteiger partial charge in [0.15, 0.2) is 6.23 Å². The van der Waals surface area contributed by atoms with Gasteiger partial charge in [0, 0.05) is 14.0 Å². The van der Waals surface area contributed by atoms with E-state index in [1.807, 2.05) is 0 Å². The molecule has 0 aromatic heterocycles. The van der Waals surface area contributed by atoms with E-state index in [4.69, 9.17) is 4.74 Å². The number of nitrogens with zero attached hydrogens (tertiary/aromatic N) is 1. The molecule has 0 aliphatic rings. The van der Waals surface area contributed by atoms with E-state index in [2.05, 4.69) is 27.8 Å². The molecule has 110 valence electrons. The van der Waals surface area contributed by atoms with Crippen molar-refractivity contribution in [3.63, 3.8) is 0 Å². The number of ether oxygens (including phenoxy) is 1. The van der Waals surface area contributed by atoms with Crippen molar-refractivity contribution in [1.82, 2.24) is 0 Å². The van der Waals surface area contributed by atoms with E-state index in [9.17, 15) is 25.2 Å². The van der Waals surface area contributed by atoms with Crippen molar-refractivity contribution in [2.45, 2.75) is 27.0 Å². The Morgan fingerprint density at radius 2 is 1.24 bits per heavy atom. The van der Waals surface area contributed by atoms with Crippen molar-refractivity contribution in [2.75, 3.05) is 27.2 Å². The number of halogens is 6. The Hall–Kier alpha value is -0.0700.